The van der Waals surface area contributed by atoms with Gasteiger partial charge >= 0.3 is 0 Å². The van der Waals surface area contributed by atoms with Gasteiger partial charge < -0.3 is 5.32 Å². The molecular weight excluding hydrogens is 222 g/mol. The molecule has 0 bridgehead atoms. The van der Waals surface area contributed by atoms with Crippen LogP contribution in [0.2, 0.25) is 0 Å². The predicted octanol–water partition coefficient (Wildman–Crippen LogP) is 2.93. The number of aromatic nitrogens is 2. The van der Waals surface area contributed by atoms with Crippen LogP contribution in [0.5, 0.6) is 0 Å². The Labute approximate surface area is 109 Å². The molecule has 1 N–H and O–H groups in total. The van der Waals surface area contributed by atoms with E-state index in [4.69, 9.17) is 0 Å². The summed E-state index contributed by atoms with van der Waals surface area (Å²) in [6.07, 6.45) is 2.08. The number of hydrogen-bond acceptors (Lipinski definition) is 2. The van der Waals surface area contributed by atoms with Crippen molar-refractivity contribution in [2.24, 2.45) is 7.05 Å². The van der Waals surface area contributed by atoms with Gasteiger partial charge in [-0.2, -0.15) is 5.10 Å². The van der Waals surface area contributed by atoms with Crippen molar-refractivity contribution in [2.75, 3.05) is 7.05 Å². The summed E-state index contributed by atoms with van der Waals surface area (Å²) in [5, 5.41) is 7.65. The van der Waals surface area contributed by atoms with E-state index in [0.717, 1.165) is 12.2 Å². The smallest absolute Gasteiger partial charge is 0.0840 e. The minimum absolute atomic E-state index is 0.574. The summed E-state index contributed by atoms with van der Waals surface area (Å²) < 4.78 is 1.87. The van der Waals surface area contributed by atoms with Crippen LogP contribution in [0.1, 0.15) is 31.0 Å². The highest BCUT2D eigenvalue weighted by Crippen LogP contribution is 2.25. The van der Waals surface area contributed by atoms with Gasteiger partial charge in [-0.3, -0.25) is 4.68 Å². The maximum atomic E-state index is 4.49. The van der Waals surface area contributed by atoms with Crippen molar-refractivity contribution in [1.82, 2.24) is 15.1 Å². The lowest BCUT2D eigenvalue weighted by Gasteiger charge is -2.07. The van der Waals surface area contributed by atoms with Crippen molar-refractivity contribution in [3.8, 4) is 11.1 Å². The highest BCUT2D eigenvalue weighted by Gasteiger charge is 2.09. The molecule has 1 aromatic carbocycles. The van der Waals surface area contributed by atoms with Gasteiger partial charge in [0.25, 0.3) is 0 Å². The number of nitrogens with zero attached hydrogens (tertiary/aromatic N) is 2. The molecule has 2 rings (SSSR count). The molecule has 2 aromatic rings. The first-order chi connectivity index (χ1) is 8.61. The zero-order valence-electron chi connectivity index (χ0n) is 11.6. The standard InChI is InChI=1S/C15H21N3/c1-11(2)12-5-7-13(8-6-12)14-10-18(4)17-15(14)9-16-3/h5-8,10-11,16H,9H2,1-4H3. The molecule has 3 heteroatoms. The van der Waals surface area contributed by atoms with Crippen LogP contribution in [0.3, 0.4) is 0 Å². The molecule has 0 saturated heterocycles. The predicted molar refractivity (Wildman–Crippen MR) is 75.5 cm³/mol. The molecule has 0 unspecified atom stereocenters. The highest BCUT2D eigenvalue weighted by molar-refractivity contribution is 5.65. The summed E-state index contributed by atoms with van der Waals surface area (Å²) in [5.74, 6) is 0.574. The molecule has 0 fully saturated rings. The second kappa shape index (κ2) is 5.36. The lowest BCUT2D eigenvalue weighted by Crippen LogP contribution is -2.07. The van der Waals surface area contributed by atoms with Crippen LogP contribution in [0.4, 0.5) is 0 Å². The van der Waals surface area contributed by atoms with Crippen molar-refractivity contribution in [3.63, 3.8) is 0 Å². The van der Waals surface area contributed by atoms with E-state index in [0.29, 0.717) is 5.92 Å². The van der Waals surface area contributed by atoms with Crippen LogP contribution in [0, 0.1) is 0 Å². The quantitative estimate of drug-likeness (QED) is 0.894. The molecular formula is C15H21N3. The summed E-state index contributed by atoms with van der Waals surface area (Å²) in [5.41, 5.74) is 4.91. The molecule has 0 aliphatic heterocycles. The van der Waals surface area contributed by atoms with E-state index >= 15 is 0 Å². The third-order valence-corrected chi connectivity index (χ3v) is 3.14. The lowest BCUT2D eigenvalue weighted by atomic mass is 9.99. The van der Waals surface area contributed by atoms with E-state index in [2.05, 4.69) is 54.7 Å². The molecule has 96 valence electrons. The van der Waals surface area contributed by atoms with E-state index in [1.165, 1.54) is 16.7 Å². The van der Waals surface area contributed by atoms with Crippen molar-refractivity contribution in [2.45, 2.75) is 26.3 Å². The maximum Gasteiger partial charge on any atom is 0.0840 e. The molecule has 0 amide bonds. The van der Waals surface area contributed by atoms with Gasteiger partial charge in [-0.05, 0) is 24.1 Å². The Morgan fingerprint density at radius 2 is 1.89 bits per heavy atom. The number of nitrogens with one attached hydrogen (secondary N) is 1. The van der Waals surface area contributed by atoms with E-state index in [9.17, 15) is 0 Å². The third kappa shape index (κ3) is 2.62. The van der Waals surface area contributed by atoms with Gasteiger partial charge in [0.1, 0.15) is 0 Å². The molecule has 0 atom stereocenters. The maximum absolute atomic E-state index is 4.49. The number of rotatable bonds is 4. The van der Waals surface area contributed by atoms with Gasteiger partial charge in [0.2, 0.25) is 0 Å². The molecule has 1 heterocycles. The second-order valence-corrected chi connectivity index (χ2v) is 4.97. The Morgan fingerprint density at radius 3 is 2.44 bits per heavy atom. The minimum atomic E-state index is 0.574. The fourth-order valence-electron chi connectivity index (χ4n) is 2.12. The molecule has 0 saturated carbocycles. The fourth-order valence-corrected chi connectivity index (χ4v) is 2.12. The van der Waals surface area contributed by atoms with Gasteiger partial charge in [-0.25, -0.2) is 0 Å². The molecule has 0 aliphatic rings. The largest absolute Gasteiger partial charge is 0.314 e. The van der Waals surface area contributed by atoms with Crippen LogP contribution in [-0.4, -0.2) is 16.8 Å². The molecule has 1 aromatic heterocycles. The first-order valence-electron chi connectivity index (χ1n) is 6.39. The van der Waals surface area contributed by atoms with Crippen LogP contribution in [-0.2, 0) is 13.6 Å². The van der Waals surface area contributed by atoms with Gasteiger partial charge in [-0.1, -0.05) is 38.1 Å². The Hall–Kier alpha value is -1.61. The topological polar surface area (TPSA) is 29.9 Å². The number of hydrogen-bond donors (Lipinski definition) is 1. The summed E-state index contributed by atoms with van der Waals surface area (Å²) in [6.45, 7) is 5.22. The first kappa shape index (κ1) is 12.8. The van der Waals surface area contributed by atoms with Crippen molar-refractivity contribution < 1.29 is 0 Å². The molecule has 0 aliphatic carbocycles. The summed E-state index contributed by atoms with van der Waals surface area (Å²) >= 11 is 0. The zero-order valence-corrected chi connectivity index (χ0v) is 11.6. The average molecular weight is 243 g/mol. The van der Waals surface area contributed by atoms with E-state index in [1.54, 1.807) is 0 Å². The lowest BCUT2D eigenvalue weighted by molar-refractivity contribution is 0.712. The van der Waals surface area contributed by atoms with E-state index in [-0.39, 0.29) is 0 Å². The van der Waals surface area contributed by atoms with Crippen LogP contribution >= 0.6 is 0 Å². The summed E-state index contributed by atoms with van der Waals surface area (Å²) in [6, 6.07) is 8.78. The van der Waals surface area contributed by atoms with Gasteiger partial charge in [0.15, 0.2) is 0 Å². The van der Waals surface area contributed by atoms with E-state index < -0.39 is 0 Å². The monoisotopic (exact) mass is 243 g/mol. The Bertz CT molecular complexity index is 509. The Balaban J connectivity index is 2.35. The summed E-state index contributed by atoms with van der Waals surface area (Å²) in [7, 11) is 3.91. The van der Waals surface area contributed by atoms with E-state index in [1.807, 2.05) is 18.8 Å². The average Bonchev–Trinajstić information content (AvgIpc) is 2.71. The highest BCUT2D eigenvalue weighted by atomic mass is 15.3. The van der Waals surface area contributed by atoms with Gasteiger partial charge in [0.05, 0.1) is 5.69 Å². The second-order valence-electron chi connectivity index (χ2n) is 4.97. The van der Waals surface area contributed by atoms with Crippen LogP contribution in [0.25, 0.3) is 11.1 Å². The number of benzene rings is 1. The number of aryl methyl sites for hydroxylation is 1. The molecule has 3 nitrogen and oxygen atoms in total. The fraction of sp³-hybridized carbons (Fsp3) is 0.400. The first-order valence-corrected chi connectivity index (χ1v) is 6.39. The third-order valence-electron chi connectivity index (χ3n) is 3.14. The van der Waals surface area contributed by atoms with Crippen LogP contribution < -0.4 is 5.32 Å². The Kier molecular flexibility index (Phi) is 3.82. The normalized spacial score (nSPS) is 11.2. The van der Waals surface area contributed by atoms with Crippen LogP contribution in [0.15, 0.2) is 30.5 Å². The van der Waals surface area contributed by atoms with Crippen molar-refractivity contribution in [3.05, 3.63) is 41.7 Å². The van der Waals surface area contributed by atoms with Gasteiger partial charge in [-0.15, -0.1) is 0 Å². The zero-order chi connectivity index (χ0) is 13.1. The van der Waals surface area contributed by atoms with Gasteiger partial charge in [0, 0.05) is 25.4 Å². The summed E-state index contributed by atoms with van der Waals surface area (Å²) in [4.78, 5) is 0. The Morgan fingerprint density at radius 1 is 1.22 bits per heavy atom. The molecule has 0 spiro atoms. The minimum Gasteiger partial charge on any atom is -0.314 e. The van der Waals surface area contributed by atoms with Crippen molar-refractivity contribution in [1.29, 1.82) is 0 Å². The van der Waals surface area contributed by atoms with Crippen molar-refractivity contribution >= 4 is 0 Å². The SMILES string of the molecule is CNCc1nn(C)cc1-c1ccc(C(C)C)cc1. The molecule has 0 radical (unpaired) electrons. The molecule has 18 heavy (non-hydrogen) atoms.